The van der Waals surface area contributed by atoms with Crippen molar-refractivity contribution in [2.45, 2.75) is 51.7 Å². The van der Waals surface area contributed by atoms with Crippen LogP contribution in [0.3, 0.4) is 0 Å². The molecule has 1 aromatic rings. The summed E-state index contributed by atoms with van der Waals surface area (Å²) in [5.41, 5.74) is 0.717. The number of nitrogens with one attached hydrogen (secondary N) is 2. The molecule has 0 saturated carbocycles. The van der Waals surface area contributed by atoms with Crippen molar-refractivity contribution in [2.24, 2.45) is 5.92 Å². The summed E-state index contributed by atoms with van der Waals surface area (Å²) in [6.45, 7) is 3.89. The van der Waals surface area contributed by atoms with Gasteiger partial charge in [0.2, 0.25) is 5.91 Å². The number of hydrogen-bond donors (Lipinski definition) is 3. The fourth-order valence-corrected chi connectivity index (χ4v) is 3.29. The summed E-state index contributed by atoms with van der Waals surface area (Å²) < 4.78 is 10.4. The Hall–Kier alpha value is -2.81. The third-order valence-electron chi connectivity index (χ3n) is 5.43. The van der Waals surface area contributed by atoms with E-state index in [-0.39, 0.29) is 49.8 Å². The minimum Gasteiger partial charge on any atom is -0.493 e. The van der Waals surface area contributed by atoms with Crippen molar-refractivity contribution in [2.75, 3.05) is 20.8 Å². The molecule has 1 aliphatic rings. The van der Waals surface area contributed by atoms with E-state index >= 15 is 0 Å². The van der Waals surface area contributed by atoms with Gasteiger partial charge in [-0.2, -0.15) is 0 Å². The number of ether oxygens (including phenoxy) is 2. The standard InChI is InChI=1S/C21H31N3O6/c1-5-13(2)16(12-25)22-19(26)9-7-15-20(27)24(21(28)23-15)11-14-6-8-17(29-3)18(10-14)30-4/h6,8,10,13,15-16,25H,5,7,9,11-12H2,1-4H3,(H,22,26)(H,23,28)/t13-,15-,16-/m0/s1. The molecule has 166 valence electrons. The fraction of sp³-hybridized carbons (Fsp3) is 0.571. The van der Waals surface area contributed by atoms with Crippen LogP contribution in [0.1, 0.15) is 38.7 Å². The average molecular weight is 421 g/mol. The molecule has 30 heavy (non-hydrogen) atoms. The van der Waals surface area contributed by atoms with E-state index in [1.54, 1.807) is 18.2 Å². The number of imide groups is 1. The molecule has 0 bridgehead atoms. The van der Waals surface area contributed by atoms with Gasteiger partial charge in [0.25, 0.3) is 5.91 Å². The zero-order chi connectivity index (χ0) is 22.3. The van der Waals surface area contributed by atoms with Gasteiger partial charge in [0, 0.05) is 6.42 Å². The monoisotopic (exact) mass is 421 g/mol. The van der Waals surface area contributed by atoms with Crippen LogP contribution in [0.25, 0.3) is 0 Å². The molecule has 1 aromatic carbocycles. The Morgan fingerprint density at radius 2 is 1.97 bits per heavy atom. The summed E-state index contributed by atoms with van der Waals surface area (Å²) in [5, 5.41) is 14.9. The van der Waals surface area contributed by atoms with Crippen molar-refractivity contribution in [3.05, 3.63) is 23.8 Å². The summed E-state index contributed by atoms with van der Waals surface area (Å²) in [6, 6.07) is 3.62. The molecule has 3 N–H and O–H groups in total. The quantitative estimate of drug-likeness (QED) is 0.465. The van der Waals surface area contributed by atoms with E-state index < -0.39 is 12.1 Å². The van der Waals surface area contributed by atoms with Crippen LogP contribution in [0.5, 0.6) is 11.5 Å². The van der Waals surface area contributed by atoms with Crippen LogP contribution in [0.15, 0.2) is 18.2 Å². The Morgan fingerprint density at radius 1 is 1.27 bits per heavy atom. The maximum absolute atomic E-state index is 12.7. The Kier molecular flexibility index (Phi) is 8.46. The van der Waals surface area contributed by atoms with Crippen molar-refractivity contribution in [1.29, 1.82) is 0 Å². The first-order valence-corrected chi connectivity index (χ1v) is 10.1. The Labute approximate surface area is 176 Å². The molecule has 1 saturated heterocycles. The first kappa shape index (κ1) is 23.5. The van der Waals surface area contributed by atoms with E-state index in [2.05, 4.69) is 10.6 Å². The third kappa shape index (κ3) is 5.63. The van der Waals surface area contributed by atoms with Crippen LogP contribution in [0.2, 0.25) is 0 Å². The van der Waals surface area contributed by atoms with Crippen LogP contribution in [0.4, 0.5) is 4.79 Å². The summed E-state index contributed by atoms with van der Waals surface area (Å²) >= 11 is 0. The maximum atomic E-state index is 12.7. The van der Waals surface area contributed by atoms with E-state index in [0.717, 1.165) is 11.3 Å². The average Bonchev–Trinajstić information content (AvgIpc) is 3.02. The largest absolute Gasteiger partial charge is 0.493 e. The van der Waals surface area contributed by atoms with E-state index in [0.29, 0.717) is 17.1 Å². The van der Waals surface area contributed by atoms with Crippen LogP contribution < -0.4 is 20.1 Å². The number of hydrogen-bond acceptors (Lipinski definition) is 6. The van der Waals surface area contributed by atoms with Crippen molar-refractivity contribution >= 4 is 17.8 Å². The molecule has 9 nitrogen and oxygen atoms in total. The molecule has 0 aliphatic carbocycles. The Morgan fingerprint density at radius 3 is 2.57 bits per heavy atom. The topological polar surface area (TPSA) is 117 Å². The minimum absolute atomic E-state index is 0.0772. The molecule has 3 atom stereocenters. The second-order valence-electron chi connectivity index (χ2n) is 7.40. The molecule has 0 spiro atoms. The molecule has 9 heteroatoms. The van der Waals surface area contributed by atoms with Crippen molar-refractivity contribution < 1.29 is 29.0 Å². The number of carbonyl (C=O) groups excluding carboxylic acids is 3. The second kappa shape index (κ2) is 10.8. The second-order valence-corrected chi connectivity index (χ2v) is 7.40. The molecular formula is C21H31N3O6. The fourth-order valence-electron chi connectivity index (χ4n) is 3.29. The highest BCUT2D eigenvalue weighted by atomic mass is 16.5. The van der Waals surface area contributed by atoms with Gasteiger partial charge in [0.05, 0.1) is 33.4 Å². The first-order valence-electron chi connectivity index (χ1n) is 10.1. The van der Waals surface area contributed by atoms with Gasteiger partial charge in [0.1, 0.15) is 6.04 Å². The molecule has 4 amide bonds. The Balaban J connectivity index is 1.94. The van der Waals surface area contributed by atoms with Crippen molar-refractivity contribution in [3.63, 3.8) is 0 Å². The summed E-state index contributed by atoms with van der Waals surface area (Å²) in [5.74, 6) is 0.581. The number of aliphatic hydroxyl groups is 1. The number of benzene rings is 1. The van der Waals surface area contributed by atoms with E-state index in [1.807, 2.05) is 13.8 Å². The van der Waals surface area contributed by atoms with Crippen molar-refractivity contribution in [3.8, 4) is 11.5 Å². The smallest absolute Gasteiger partial charge is 0.325 e. The zero-order valence-corrected chi connectivity index (χ0v) is 17.9. The number of aliphatic hydroxyl groups excluding tert-OH is 1. The predicted molar refractivity (Wildman–Crippen MR) is 110 cm³/mol. The Bertz CT molecular complexity index is 769. The predicted octanol–water partition coefficient (Wildman–Crippen LogP) is 1.43. The molecule has 0 unspecified atom stereocenters. The molecule has 0 radical (unpaired) electrons. The molecule has 0 aromatic heterocycles. The highest BCUT2D eigenvalue weighted by Crippen LogP contribution is 2.28. The van der Waals surface area contributed by atoms with Gasteiger partial charge in [-0.25, -0.2) is 4.79 Å². The number of urea groups is 1. The maximum Gasteiger partial charge on any atom is 0.325 e. The van der Waals surface area contributed by atoms with E-state index in [4.69, 9.17) is 9.47 Å². The lowest BCUT2D eigenvalue weighted by atomic mass is 9.99. The minimum atomic E-state index is -0.750. The normalized spacial score (nSPS) is 18.0. The lowest BCUT2D eigenvalue weighted by Crippen LogP contribution is -2.42. The van der Waals surface area contributed by atoms with Gasteiger partial charge >= 0.3 is 6.03 Å². The van der Waals surface area contributed by atoms with Gasteiger partial charge in [0.15, 0.2) is 11.5 Å². The number of rotatable bonds is 11. The number of nitrogens with zero attached hydrogens (tertiary/aromatic N) is 1. The highest BCUT2D eigenvalue weighted by Gasteiger charge is 2.38. The van der Waals surface area contributed by atoms with E-state index in [1.165, 1.54) is 14.2 Å². The highest BCUT2D eigenvalue weighted by molar-refractivity contribution is 6.04. The van der Waals surface area contributed by atoms with Crippen LogP contribution in [0, 0.1) is 5.92 Å². The van der Waals surface area contributed by atoms with Crippen LogP contribution in [-0.4, -0.2) is 60.8 Å². The van der Waals surface area contributed by atoms with Gasteiger partial charge in [-0.3, -0.25) is 14.5 Å². The lowest BCUT2D eigenvalue weighted by molar-refractivity contribution is -0.128. The number of methoxy groups -OCH3 is 2. The number of amides is 4. The lowest BCUT2D eigenvalue weighted by Gasteiger charge is -2.22. The summed E-state index contributed by atoms with van der Waals surface area (Å²) in [6.07, 6.45) is 1.10. The van der Waals surface area contributed by atoms with Crippen molar-refractivity contribution in [1.82, 2.24) is 15.5 Å². The molecular weight excluding hydrogens is 390 g/mol. The first-order chi connectivity index (χ1) is 14.3. The molecule has 1 aliphatic heterocycles. The molecule has 1 heterocycles. The number of carbonyl (C=O) groups is 3. The molecule has 1 fully saturated rings. The van der Waals surface area contributed by atoms with Gasteiger partial charge in [-0.1, -0.05) is 26.3 Å². The van der Waals surface area contributed by atoms with Crippen LogP contribution in [-0.2, 0) is 16.1 Å². The summed E-state index contributed by atoms with van der Waals surface area (Å²) in [4.78, 5) is 38.3. The SMILES string of the molecule is CC[C@H](C)[C@H](CO)NC(=O)CC[C@@H]1NC(=O)N(Cc2ccc(OC)c(OC)c2)C1=O. The third-order valence-corrected chi connectivity index (χ3v) is 5.43. The van der Waals surface area contributed by atoms with Gasteiger partial charge in [-0.05, 0) is 30.0 Å². The van der Waals surface area contributed by atoms with Gasteiger partial charge < -0.3 is 25.2 Å². The summed E-state index contributed by atoms with van der Waals surface area (Å²) in [7, 11) is 3.04. The van der Waals surface area contributed by atoms with Gasteiger partial charge in [-0.15, -0.1) is 0 Å². The zero-order valence-electron chi connectivity index (χ0n) is 17.9. The molecule has 2 rings (SSSR count). The van der Waals surface area contributed by atoms with Crippen LogP contribution >= 0.6 is 0 Å². The van der Waals surface area contributed by atoms with E-state index in [9.17, 15) is 19.5 Å².